The maximum atomic E-state index is 12.9. The van der Waals surface area contributed by atoms with E-state index in [0.29, 0.717) is 23.6 Å². The lowest BCUT2D eigenvalue weighted by molar-refractivity contribution is -0.274. The van der Waals surface area contributed by atoms with Crippen LogP contribution in [-0.4, -0.2) is 35.3 Å². The predicted octanol–water partition coefficient (Wildman–Crippen LogP) is 5.84. The summed E-state index contributed by atoms with van der Waals surface area (Å²) in [5, 5.41) is 2.66. The Kier molecular flexibility index (Phi) is 6.64. The summed E-state index contributed by atoms with van der Waals surface area (Å²) in [5.41, 5.74) is 1.34. The lowest BCUT2D eigenvalue weighted by atomic mass is 10.0. The number of piperidine rings is 1. The Hall–Kier alpha value is -3.07. The molecule has 1 amide bonds. The number of aromatic nitrogens is 1. The van der Waals surface area contributed by atoms with Gasteiger partial charge in [0, 0.05) is 17.5 Å². The van der Waals surface area contributed by atoms with Crippen molar-refractivity contribution >= 4 is 17.2 Å². The van der Waals surface area contributed by atoms with Gasteiger partial charge in [-0.15, -0.1) is 24.5 Å². The highest BCUT2D eigenvalue weighted by molar-refractivity contribution is 7.10. The molecular formula is C23H21F3N2O3S. The van der Waals surface area contributed by atoms with E-state index in [9.17, 15) is 18.0 Å². The highest BCUT2D eigenvalue weighted by atomic mass is 32.1. The van der Waals surface area contributed by atoms with E-state index in [-0.39, 0.29) is 24.3 Å². The third-order valence-electron chi connectivity index (χ3n) is 5.12. The molecule has 1 saturated heterocycles. The number of nitrogens with zero attached hydrogens (tertiary/aromatic N) is 2. The largest absolute Gasteiger partial charge is 0.573 e. The average molecular weight is 462 g/mol. The summed E-state index contributed by atoms with van der Waals surface area (Å²) >= 11 is 1.44. The maximum Gasteiger partial charge on any atom is 0.573 e. The number of rotatable bonds is 6. The first-order chi connectivity index (χ1) is 15.4. The number of halogens is 3. The Morgan fingerprint density at radius 1 is 1.06 bits per heavy atom. The molecule has 2 heterocycles. The predicted molar refractivity (Wildman–Crippen MR) is 114 cm³/mol. The minimum Gasteiger partial charge on any atom is -0.484 e. The van der Waals surface area contributed by atoms with Crippen LogP contribution >= 0.6 is 11.3 Å². The number of carbonyl (C=O) groups excluding carboxylic acids is 1. The van der Waals surface area contributed by atoms with Crippen molar-refractivity contribution in [2.45, 2.75) is 31.7 Å². The summed E-state index contributed by atoms with van der Waals surface area (Å²) in [6.45, 7) is 0.597. The molecule has 5 nitrogen and oxygen atoms in total. The third-order valence-corrected chi connectivity index (χ3v) is 6.07. The fraction of sp³-hybridized carbons (Fsp3) is 0.304. The second-order valence-corrected chi connectivity index (χ2v) is 8.23. The molecule has 9 heteroatoms. The molecule has 0 radical (unpaired) electrons. The van der Waals surface area contributed by atoms with Crippen LogP contribution in [0.4, 0.5) is 13.2 Å². The molecule has 1 unspecified atom stereocenters. The van der Waals surface area contributed by atoms with Crippen molar-refractivity contribution in [3.8, 4) is 22.8 Å². The second kappa shape index (κ2) is 9.60. The van der Waals surface area contributed by atoms with Crippen LogP contribution in [0.2, 0.25) is 0 Å². The zero-order valence-corrected chi connectivity index (χ0v) is 17.9. The van der Waals surface area contributed by atoms with E-state index in [1.54, 1.807) is 12.1 Å². The summed E-state index contributed by atoms with van der Waals surface area (Å²) in [5.74, 6) is 0.270. The topological polar surface area (TPSA) is 51.7 Å². The van der Waals surface area contributed by atoms with Crippen LogP contribution in [0.5, 0.6) is 11.5 Å². The number of benzene rings is 2. The molecule has 4 rings (SSSR count). The lowest BCUT2D eigenvalue weighted by Gasteiger charge is -2.34. The van der Waals surface area contributed by atoms with Gasteiger partial charge in [-0.2, -0.15) is 0 Å². The summed E-state index contributed by atoms with van der Waals surface area (Å²) < 4.78 is 46.6. The van der Waals surface area contributed by atoms with Gasteiger partial charge in [0.1, 0.15) is 16.5 Å². The van der Waals surface area contributed by atoms with E-state index < -0.39 is 6.36 Å². The van der Waals surface area contributed by atoms with Crippen LogP contribution in [0.3, 0.4) is 0 Å². The molecule has 1 aromatic heterocycles. The van der Waals surface area contributed by atoms with Crippen molar-refractivity contribution in [3.05, 3.63) is 65.0 Å². The summed E-state index contributed by atoms with van der Waals surface area (Å²) in [7, 11) is 0. The smallest absolute Gasteiger partial charge is 0.484 e. The first-order valence-corrected chi connectivity index (χ1v) is 11.1. The van der Waals surface area contributed by atoms with E-state index >= 15 is 0 Å². The SMILES string of the molecule is O=C(COc1ccccc1)N1CCCCC1c1nc(-c2ccc(OC(F)(F)F)cc2)cs1. The number of para-hydroxylation sites is 1. The van der Waals surface area contributed by atoms with Crippen LogP contribution in [0.25, 0.3) is 11.3 Å². The number of amides is 1. The number of hydrogen-bond donors (Lipinski definition) is 0. The van der Waals surface area contributed by atoms with Crippen molar-refractivity contribution in [1.82, 2.24) is 9.88 Å². The zero-order valence-electron chi connectivity index (χ0n) is 17.0. The molecule has 0 aliphatic carbocycles. The fourth-order valence-corrected chi connectivity index (χ4v) is 4.61. The van der Waals surface area contributed by atoms with Crippen molar-refractivity contribution in [1.29, 1.82) is 0 Å². The number of alkyl halides is 3. The molecule has 0 saturated carbocycles. The lowest BCUT2D eigenvalue weighted by Crippen LogP contribution is -2.41. The van der Waals surface area contributed by atoms with Gasteiger partial charge in [-0.25, -0.2) is 4.98 Å². The Balaban J connectivity index is 1.44. The highest BCUT2D eigenvalue weighted by Gasteiger charge is 2.32. The van der Waals surface area contributed by atoms with Crippen LogP contribution in [0.1, 0.15) is 30.3 Å². The number of likely N-dealkylation sites (tertiary alicyclic amines) is 1. The third kappa shape index (κ3) is 5.59. The molecule has 3 aromatic rings. The van der Waals surface area contributed by atoms with Crippen LogP contribution in [-0.2, 0) is 4.79 Å². The van der Waals surface area contributed by atoms with E-state index in [1.807, 2.05) is 28.5 Å². The van der Waals surface area contributed by atoms with Gasteiger partial charge in [0.15, 0.2) is 6.61 Å². The minimum absolute atomic E-state index is 0.0422. The molecule has 0 bridgehead atoms. The second-order valence-electron chi connectivity index (χ2n) is 7.34. The molecule has 2 aromatic carbocycles. The van der Waals surface area contributed by atoms with Crippen molar-refractivity contribution in [3.63, 3.8) is 0 Å². The molecule has 1 fully saturated rings. The summed E-state index contributed by atoms with van der Waals surface area (Å²) in [6.07, 6.45) is -2.00. The molecule has 0 spiro atoms. The monoisotopic (exact) mass is 462 g/mol. The summed E-state index contributed by atoms with van der Waals surface area (Å²) in [6, 6.07) is 14.7. The molecule has 1 aliphatic heterocycles. The molecular weight excluding hydrogens is 441 g/mol. The minimum atomic E-state index is -4.73. The van der Waals surface area contributed by atoms with Crippen LogP contribution < -0.4 is 9.47 Å². The average Bonchev–Trinajstić information content (AvgIpc) is 3.28. The Bertz CT molecular complexity index is 1040. The first-order valence-electron chi connectivity index (χ1n) is 10.2. The summed E-state index contributed by atoms with van der Waals surface area (Å²) in [4.78, 5) is 19.4. The molecule has 32 heavy (non-hydrogen) atoms. The van der Waals surface area contributed by atoms with Gasteiger partial charge < -0.3 is 14.4 Å². The molecule has 1 atom stereocenters. The normalized spacial score (nSPS) is 16.6. The standard InChI is InChI=1S/C23H21F3N2O3S/c24-23(25,26)31-18-11-9-16(10-12-18)19-15-32-22(27-19)20-8-4-5-13-28(20)21(29)14-30-17-6-2-1-3-7-17/h1-3,6-7,9-12,15,20H,4-5,8,13-14H2. The van der Waals surface area contributed by atoms with E-state index in [2.05, 4.69) is 9.72 Å². The fourth-order valence-electron chi connectivity index (χ4n) is 3.63. The van der Waals surface area contributed by atoms with Crippen molar-refractivity contribution < 1.29 is 27.4 Å². The number of hydrogen-bond acceptors (Lipinski definition) is 5. The van der Waals surface area contributed by atoms with Gasteiger partial charge in [-0.3, -0.25) is 4.79 Å². The zero-order chi connectivity index (χ0) is 22.6. The maximum absolute atomic E-state index is 12.9. The van der Waals surface area contributed by atoms with Gasteiger partial charge >= 0.3 is 6.36 Å². The molecule has 1 aliphatic rings. The van der Waals surface area contributed by atoms with Gasteiger partial charge in [0.25, 0.3) is 5.91 Å². The Labute approximate surface area is 187 Å². The Morgan fingerprint density at radius 3 is 2.53 bits per heavy atom. The van der Waals surface area contributed by atoms with Crippen LogP contribution in [0.15, 0.2) is 60.0 Å². The number of thiazole rings is 1. The molecule has 168 valence electrons. The van der Waals surface area contributed by atoms with Gasteiger partial charge in [-0.05, 0) is 55.7 Å². The van der Waals surface area contributed by atoms with Gasteiger partial charge in [-0.1, -0.05) is 18.2 Å². The van der Waals surface area contributed by atoms with Gasteiger partial charge in [0.2, 0.25) is 0 Å². The van der Waals surface area contributed by atoms with E-state index in [1.165, 1.54) is 35.6 Å². The van der Waals surface area contributed by atoms with Crippen LogP contribution in [0, 0.1) is 0 Å². The van der Waals surface area contributed by atoms with E-state index in [4.69, 9.17) is 4.74 Å². The van der Waals surface area contributed by atoms with Crippen molar-refractivity contribution in [2.24, 2.45) is 0 Å². The molecule has 0 N–H and O–H groups in total. The number of ether oxygens (including phenoxy) is 2. The quantitative estimate of drug-likeness (QED) is 0.462. The van der Waals surface area contributed by atoms with Gasteiger partial charge in [0.05, 0.1) is 11.7 Å². The number of carbonyl (C=O) groups is 1. The Morgan fingerprint density at radius 2 is 1.81 bits per heavy atom. The highest BCUT2D eigenvalue weighted by Crippen LogP contribution is 2.35. The van der Waals surface area contributed by atoms with Crippen molar-refractivity contribution in [2.75, 3.05) is 13.2 Å². The first kappa shape index (κ1) is 22.1. The van der Waals surface area contributed by atoms with E-state index in [0.717, 1.165) is 24.3 Å².